The van der Waals surface area contributed by atoms with Crippen LogP contribution in [0.4, 0.5) is 10.7 Å². The first-order valence-electron chi connectivity index (χ1n) is 10.1. The summed E-state index contributed by atoms with van der Waals surface area (Å²) in [5.74, 6) is 0.582. The molecule has 7 nitrogen and oxygen atoms in total. The molecule has 1 unspecified atom stereocenters. The first-order chi connectivity index (χ1) is 14.0. The Morgan fingerprint density at radius 1 is 1.23 bits per heavy atom. The number of amides is 1. The highest BCUT2D eigenvalue weighted by Gasteiger charge is 2.35. The Hall–Kier alpha value is -2.19. The third-order valence-electron chi connectivity index (χ3n) is 4.94. The number of hydrogen-bond acceptors (Lipinski definition) is 6. The minimum Gasteiger partial charge on any atom is -0.444 e. The standard InChI is InChI=1S/C22H29BrN4O3/c1-21(2,3)30-20(29)26-22(4)10-5-11-27(14-22)19-24-12-16(13-25-19)18(28)15-6-8-17(23)9-7-15/h6-9,12-13,18,28H,5,10-11,14H2,1-4H3,(H,26,29)/t18?,22-/m1/s1. The second-order valence-corrected chi connectivity index (χ2v) is 9.90. The van der Waals surface area contributed by atoms with Gasteiger partial charge >= 0.3 is 6.09 Å². The quantitative estimate of drug-likeness (QED) is 0.687. The first kappa shape index (κ1) is 22.5. The number of piperidine rings is 1. The molecule has 1 aromatic heterocycles. The number of nitrogens with zero attached hydrogens (tertiary/aromatic N) is 3. The molecule has 2 N–H and O–H groups in total. The number of carbonyl (C=O) groups excluding carboxylic acids is 1. The van der Waals surface area contributed by atoms with E-state index in [2.05, 4.69) is 36.1 Å². The smallest absolute Gasteiger partial charge is 0.408 e. The van der Waals surface area contributed by atoms with E-state index in [4.69, 9.17) is 4.74 Å². The van der Waals surface area contributed by atoms with Gasteiger partial charge in [0.25, 0.3) is 0 Å². The number of rotatable bonds is 4. The van der Waals surface area contributed by atoms with Crippen LogP contribution in [-0.2, 0) is 4.74 Å². The summed E-state index contributed by atoms with van der Waals surface area (Å²) in [6.45, 7) is 8.94. The van der Waals surface area contributed by atoms with Gasteiger partial charge < -0.3 is 20.1 Å². The molecule has 3 rings (SSSR count). The number of hydrogen-bond donors (Lipinski definition) is 2. The van der Waals surface area contributed by atoms with Crippen LogP contribution in [-0.4, -0.2) is 45.4 Å². The molecule has 2 aromatic rings. The zero-order valence-corrected chi connectivity index (χ0v) is 19.4. The Kier molecular flexibility index (Phi) is 6.67. The van der Waals surface area contributed by atoms with Crippen molar-refractivity contribution in [1.29, 1.82) is 0 Å². The van der Waals surface area contributed by atoms with Crippen LogP contribution >= 0.6 is 15.9 Å². The molecule has 1 aromatic carbocycles. The van der Waals surface area contributed by atoms with E-state index in [0.29, 0.717) is 18.1 Å². The van der Waals surface area contributed by atoms with Crippen molar-refractivity contribution in [3.8, 4) is 0 Å². The zero-order chi connectivity index (χ0) is 21.9. The second-order valence-electron chi connectivity index (χ2n) is 8.98. The number of aromatic nitrogens is 2. The van der Waals surface area contributed by atoms with Crippen molar-refractivity contribution in [1.82, 2.24) is 15.3 Å². The van der Waals surface area contributed by atoms with Crippen LogP contribution in [0.1, 0.15) is 57.8 Å². The Morgan fingerprint density at radius 3 is 2.47 bits per heavy atom. The van der Waals surface area contributed by atoms with Gasteiger partial charge in [-0.2, -0.15) is 0 Å². The molecule has 0 bridgehead atoms. The molecule has 0 saturated carbocycles. The van der Waals surface area contributed by atoms with Crippen LogP contribution in [0.3, 0.4) is 0 Å². The fourth-order valence-electron chi connectivity index (χ4n) is 3.54. The lowest BCUT2D eigenvalue weighted by atomic mass is 9.91. The maximum absolute atomic E-state index is 12.2. The zero-order valence-electron chi connectivity index (χ0n) is 17.9. The normalized spacial score (nSPS) is 20.5. The van der Waals surface area contributed by atoms with Crippen LogP contribution in [0.15, 0.2) is 41.1 Å². The lowest BCUT2D eigenvalue weighted by Gasteiger charge is -2.41. The summed E-state index contributed by atoms with van der Waals surface area (Å²) in [5.41, 5.74) is 0.442. The van der Waals surface area contributed by atoms with Crippen molar-refractivity contribution in [2.75, 3.05) is 18.0 Å². The van der Waals surface area contributed by atoms with Crippen molar-refractivity contribution in [2.45, 2.75) is 57.8 Å². The Bertz CT molecular complexity index is 867. The van der Waals surface area contributed by atoms with Gasteiger partial charge in [0.1, 0.15) is 11.7 Å². The number of aliphatic hydroxyl groups is 1. The van der Waals surface area contributed by atoms with E-state index in [0.717, 1.165) is 29.4 Å². The van der Waals surface area contributed by atoms with Crippen molar-refractivity contribution in [2.24, 2.45) is 0 Å². The monoisotopic (exact) mass is 476 g/mol. The van der Waals surface area contributed by atoms with E-state index in [1.165, 1.54) is 0 Å². The summed E-state index contributed by atoms with van der Waals surface area (Å²) >= 11 is 3.40. The lowest BCUT2D eigenvalue weighted by molar-refractivity contribution is 0.0454. The van der Waals surface area contributed by atoms with Gasteiger partial charge in [0.05, 0.1) is 5.54 Å². The molecule has 2 heterocycles. The molecule has 162 valence electrons. The van der Waals surface area contributed by atoms with E-state index < -0.39 is 23.3 Å². The predicted octanol–water partition coefficient (Wildman–Crippen LogP) is 4.20. The van der Waals surface area contributed by atoms with Crippen LogP contribution in [0.25, 0.3) is 0 Å². The Balaban J connectivity index is 1.67. The SMILES string of the molecule is CC(C)(C)OC(=O)N[C@]1(C)CCCN(c2ncc(C(O)c3ccc(Br)cc3)cn2)C1. The minimum absolute atomic E-state index is 0.416. The van der Waals surface area contributed by atoms with Gasteiger partial charge in [-0.05, 0) is 58.2 Å². The maximum atomic E-state index is 12.2. The van der Waals surface area contributed by atoms with Crippen molar-refractivity contribution < 1.29 is 14.6 Å². The fraction of sp³-hybridized carbons (Fsp3) is 0.500. The van der Waals surface area contributed by atoms with Gasteiger partial charge in [-0.15, -0.1) is 0 Å². The Morgan fingerprint density at radius 2 is 1.87 bits per heavy atom. The molecule has 1 aliphatic heterocycles. The minimum atomic E-state index is -0.785. The third-order valence-corrected chi connectivity index (χ3v) is 5.47. The molecule has 1 fully saturated rings. The van der Waals surface area contributed by atoms with Gasteiger partial charge in [-0.3, -0.25) is 0 Å². The van der Waals surface area contributed by atoms with Gasteiger partial charge in [-0.1, -0.05) is 28.1 Å². The predicted molar refractivity (Wildman–Crippen MR) is 119 cm³/mol. The number of benzene rings is 1. The maximum Gasteiger partial charge on any atom is 0.408 e. The fourth-order valence-corrected chi connectivity index (χ4v) is 3.80. The number of ether oxygens (including phenoxy) is 1. The van der Waals surface area contributed by atoms with Gasteiger partial charge in [0, 0.05) is 35.5 Å². The number of nitrogens with one attached hydrogen (secondary N) is 1. The molecule has 0 radical (unpaired) electrons. The van der Waals surface area contributed by atoms with Crippen LogP contribution < -0.4 is 10.2 Å². The van der Waals surface area contributed by atoms with Crippen molar-refractivity contribution >= 4 is 28.0 Å². The highest BCUT2D eigenvalue weighted by atomic mass is 79.9. The first-order valence-corrected chi connectivity index (χ1v) is 10.9. The molecule has 1 saturated heterocycles. The highest BCUT2D eigenvalue weighted by Crippen LogP contribution is 2.26. The topological polar surface area (TPSA) is 87.6 Å². The molecule has 8 heteroatoms. The molecular weight excluding hydrogens is 448 g/mol. The number of anilines is 1. The molecule has 0 aliphatic carbocycles. The number of halogens is 1. The van der Waals surface area contributed by atoms with Crippen LogP contribution in [0, 0.1) is 0 Å². The summed E-state index contributed by atoms with van der Waals surface area (Å²) < 4.78 is 6.36. The van der Waals surface area contributed by atoms with Gasteiger partial charge in [-0.25, -0.2) is 14.8 Å². The molecule has 1 amide bonds. The largest absolute Gasteiger partial charge is 0.444 e. The van der Waals surface area contributed by atoms with Crippen molar-refractivity contribution in [3.05, 3.63) is 52.3 Å². The van der Waals surface area contributed by atoms with Crippen LogP contribution in [0.5, 0.6) is 0 Å². The lowest BCUT2D eigenvalue weighted by Crippen LogP contribution is -2.57. The molecule has 30 heavy (non-hydrogen) atoms. The van der Waals surface area contributed by atoms with E-state index in [-0.39, 0.29) is 0 Å². The highest BCUT2D eigenvalue weighted by molar-refractivity contribution is 9.10. The van der Waals surface area contributed by atoms with Gasteiger partial charge in [0.2, 0.25) is 5.95 Å². The van der Waals surface area contributed by atoms with Crippen LogP contribution in [0.2, 0.25) is 0 Å². The summed E-state index contributed by atoms with van der Waals surface area (Å²) in [4.78, 5) is 23.2. The van der Waals surface area contributed by atoms with Gasteiger partial charge in [0.15, 0.2) is 0 Å². The van der Waals surface area contributed by atoms with Crippen molar-refractivity contribution in [3.63, 3.8) is 0 Å². The average Bonchev–Trinajstić information content (AvgIpc) is 2.66. The summed E-state index contributed by atoms with van der Waals surface area (Å²) in [7, 11) is 0. The molecular formula is C22H29BrN4O3. The van der Waals surface area contributed by atoms with E-state index >= 15 is 0 Å². The van der Waals surface area contributed by atoms with E-state index in [9.17, 15) is 9.90 Å². The second kappa shape index (κ2) is 8.89. The third kappa shape index (κ3) is 5.92. The molecule has 2 atom stereocenters. The van der Waals surface area contributed by atoms with E-state index in [1.807, 2.05) is 52.0 Å². The van der Waals surface area contributed by atoms with E-state index in [1.54, 1.807) is 12.4 Å². The number of aliphatic hydroxyl groups excluding tert-OH is 1. The Labute approximate surface area is 186 Å². The summed E-state index contributed by atoms with van der Waals surface area (Å²) in [6.07, 6.45) is 3.86. The number of carbonyl (C=O) groups is 1. The summed E-state index contributed by atoms with van der Waals surface area (Å²) in [6, 6.07) is 7.50. The molecule has 0 spiro atoms. The number of alkyl carbamates (subject to hydrolysis) is 1. The summed E-state index contributed by atoms with van der Waals surface area (Å²) in [5, 5.41) is 13.6. The molecule has 1 aliphatic rings. The average molecular weight is 477 g/mol.